The quantitative estimate of drug-likeness (QED) is 0.323. The van der Waals surface area contributed by atoms with Crippen molar-refractivity contribution in [3.8, 4) is 0 Å². The summed E-state index contributed by atoms with van der Waals surface area (Å²) < 4.78 is 30.6. The first kappa shape index (κ1) is 20.9. The van der Waals surface area contributed by atoms with Crippen LogP contribution in [0.25, 0.3) is 0 Å². The van der Waals surface area contributed by atoms with Crippen molar-refractivity contribution in [3.63, 3.8) is 0 Å². The Morgan fingerprint density at radius 2 is 1.75 bits per heavy atom. The Labute approximate surface area is 161 Å². The smallest absolute Gasteiger partial charge is 0.325 e. The number of nitro benzene ring substituents is 1. The Hall–Kier alpha value is -3.40. The molecule has 0 unspecified atom stereocenters. The number of esters is 1. The van der Waals surface area contributed by atoms with Crippen LogP contribution in [0.4, 0.5) is 14.5 Å². The first-order valence-corrected chi connectivity index (χ1v) is 7.93. The van der Waals surface area contributed by atoms with E-state index >= 15 is 0 Å². The molecule has 8 nitrogen and oxygen atoms in total. The highest BCUT2D eigenvalue weighted by molar-refractivity contribution is 6.32. The Morgan fingerprint density at radius 1 is 1.07 bits per heavy atom. The maximum atomic E-state index is 13.1. The standard InChI is InChI=1S/C17H11ClF2N2O6/c18-11-3-1-10(6-14(11)22(26)27)17(25)21-7-16(24)28-8-15(23)9-2-4-12(19)13(20)5-9/h1-6H,7-8H2,(H,21,25). The number of halogens is 3. The number of hydrogen-bond acceptors (Lipinski definition) is 6. The third kappa shape index (κ3) is 5.30. The fourth-order valence-electron chi connectivity index (χ4n) is 2.00. The average Bonchev–Trinajstić information content (AvgIpc) is 2.66. The molecule has 0 aromatic heterocycles. The Balaban J connectivity index is 1.87. The first-order chi connectivity index (χ1) is 13.2. The summed E-state index contributed by atoms with van der Waals surface area (Å²) in [6.45, 7) is -1.37. The fraction of sp³-hybridized carbons (Fsp3) is 0.118. The van der Waals surface area contributed by atoms with Gasteiger partial charge >= 0.3 is 5.97 Å². The van der Waals surface area contributed by atoms with E-state index in [0.29, 0.717) is 6.07 Å². The molecule has 1 N–H and O–H groups in total. The van der Waals surface area contributed by atoms with Crippen LogP contribution in [0.2, 0.25) is 5.02 Å². The molecular formula is C17H11ClF2N2O6. The van der Waals surface area contributed by atoms with Gasteiger partial charge in [0.2, 0.25) is 0 Å². The normalized spacial score (nSPS) is 10.2. The number of ether oxygens (including phenoxy) is 1. The highest BCUT2D eigenvalue weighted by Crippen LogP contribution is 2.24. The monoisotopic (exact) mass is 412 g/mol. The first-order valence-electron chi connectivity index (χ1n) is 7.55. The minimum atomic E-state index is -1.22. The Bertz CT molecular complexity index is 967. The maximum absolute atomic E-state index is 13.1. The van der Waals surface area contributed by atoms with Gasteiger partial charge in [0.15, 0.2) is 24.0 Å². The molecule has 0 saturated carbocycles. The van der Waals surface area contributed by atoms with Gasteiger partial charge in [-0.1, -0.05) is 11.6 Å². The third-order valence-corrected chi connectivity index (χ3v) is 3.72. The van der Waals surface area contributed by atoms with Gasteiger partial charge in [-0.15, -0.1) is 0 Å². The van der Waals surface area contributed by atoms with Gasteiger partial charge in [-0.3, -0.25) is 24.5 Å². The van der Waals surface area contributed by atoms with E-state index in [1.54, 1.807) is 0 Å². The highest BCUT2D eigenvalue weighted by atomic mass is 35.5. The lowest BCUT2D eigenvalue weighted by atomic mass is 10.1. The number of nitro groups is 1. The molecular weight excluding hydrogens is 402 g/mol. The van der Waals surface area contributed by atoms with Crippen molar-refractivity contribution in [1.82, 2.24) is 5.32 Å². The molecule has 0 atom stereocenters. The second-order valence-corrected chi connectivity index (χ2v) is 5.73. The van der Waals surface area contributed by atoms with Crippen molar-refractivity contribution in [2.45, 2.75) is 0 Å². The SMILES string of the molecule is O=C(CNC(=O)c1ccc(Cl)c([N+](=O)[O-])c1)OCC(=O)c1ccc(F)c(F)c1. The van der Waals surface area contributed by atoms with E-state index in [4.69, 9.17) is 11.6 Å². The molecule has 2 rings (SSSR count). The molecule has 28 heavy (non-hydrogen) atoms. The van der Waals surface area contributed by atoms with Crippen LogP contribution in [0.3, 0.4) is 0 Å². The second-order valence-electron chi connectivity index (χ2n) is 5.32. The fourth-order valence-corrected chi connectivity index (χ4v) is 2.18. The van der Waals surface area contributed by atoms with Crippen molar-refractivity contribution in [3.05, 3.63) is 74.3 Å². The molecule has 0 heterocycles. The molecule has 2 aromatic carbocycles. The van der Waals surface area contributed by atoms with Gasteiger partial charge in [-0.05, 0) is 30.3 Å². The summed E-state index contributed by atoms with van der Waals surface area (Å²) in [6, 6.07) is 5.78. The van der Waals surface area contributed by atoms with Crippen molar-refractivity contribution in [1.29, 1.82) is 0 Å². The van der Waals surface area contributed by atoms with E-state index in [2.05, 4.69) is 10.1 Å². The van der Waals surface area contributed by atoms with Gasteiger partial charge in [0.05, 0.1) is 4.92 Å². The van der Waals surface area contributed by atoms with Crippen molar-refractivity contribution >= 4 is 34.9 Å². The molecule has 0 fully saturated rings. The molecule has 0 bridgehead atoms. The summed E-state index contributed by atoms with van der Waals surface area (Å²) in [5.41, 5.74) is -0.778. The predicted octanol–water partition coefficient (Wildman–Crippen LogP) is 2.68. The molecule has 0 saturated heterocycles. The summed E-state index contributed by atoms with van der Waals surface area (Å²) in [6.07, 6.45) is 0. The zero-order chi connectivity index (χ0) is 20.8. The number of hydrogen-bond donors (Lipinski definition) is 1. The lowest BCUT2D eigenvalue weighted by molar-refractivity contribution is -0.384. The van der Waals surface area contributed by atoms with E-state index in [0.717, 1.165) is 24.3 Å². The summed E-state index contributed by atoms with van der Waals surface area (Å²) in [5, 5.41) is 12.8. The van der Waals surface area contributed by atoms with E-state index in [1.165, 1.54) is 6.07 Å². The van der Waals surface area contributed by atoms with Gasteiger partial charge in [0, 0.05) is 17.2 Å². The van der Waals surface area contributed by atoms with Crippen LogP contribution in [-0.2, 0) is 9.53 Å². The van der Waals surface area contributed by atoms with Crippen molar-refractivity contribution in [2.75, 3.05) is 13.2 Å². The largest absolute Gasteiger partial charge is 0.456 e. The van der Waals surface area contributed by atoms with Crippen LogP contribution in [0.5, 0.6) is 0 Å². The Morgan fingerprint density at radius 3 is 2.39 bits per heavy atom. The average molecular weight is 413 g/mol. The molecule has 0 aliphatic carbocycles. The van der Waals surface area contributed by atoms with Crippen LogP contribution in [-0.4, -0.2) is 35.7 Å². The molecule has 11 heteroatoms. The van der Waals surface area contributed by atoms with Gasteiger partial charge in [-0.2, -0.15) is 0 Å². The molecule has 0 aliphatic heterocycles. The summed E-state index contributed by atoms with van der Waals surface area (Å²) in [4.78, 5) is 45.4. The van der Waals surface area contributed by atoms with Crippen LogP contribution in [0, 0.1) is 21.7 Å². The molecule has 0 aliphatic rings. The zero-order valence-electron chi connectivity index (χ0n) is 13.9. The van der Waals surface area contributed by atoms with E-state index in [9.17, 15) is 33.3 Å². The molecule has 1 amide bonds. The van der Waals surface area contributed by atoms with Gasteiger partial charge in [-0.25, -0.2) is 8.78 Å². The Kier molecular flexibility index (Phi) is 6.72. The van der Waals surface area contributed by atoms with Crippen LogP contribution in [0.1, 0.15) is 20.7 Å². The molecule has 2 aromatic rings. The van der Waals surface area contributed by atoms with Gasteiger partial charge in [0.25, 0.3) is 11.6 Å². The third-order valence-electron chi connectivity index (χ3n) is 3.40. The van der Waals surface area contributed by atoms with Gasteiger partial charge in [0.1, 0.15) is 11.6 Å². The number of rotatable bonds is 7. The summed E-state index contributed by atoms with van der Waals surface area (Å²) in [7, 11) is 0. The number of nitrogens with one attached hydrogen (secondary N) is 1. The number of ketones is 1. The van der Waals surface area contributed by atoms with Crippen molar-refractivity contribution in [2.24, 2.45) is 0 Å². The number of nitrogens with zero attached hydrogens (tertiary/aromatic N) is 1. The lowest BCUT2D eigenvalue weighted by Crippen LogP contribution is -2.31. The van der Waals surface area contributed by atoms with E-state index < -0.39 is 53.1 Å². The van der Waals surface area contributed by atoms with E-state index in [1.807, 2.05) is 0 Å². The number of carbonyl (C=O) groups excluding carboxylic acids is 3. The number of benzene rings is 2. The van der Waals surface area contributed by atoms with Crippen LogP contribution in [0.15, 0.2) is 36.4 Å². The summed E-state index contributed by atoms with van der Waals surface area (Å²) in [5.74, 6) is -4.90. The maximum Gasteiger partial charge on any atom is 0.325 e. The minimum Gasteiger partial charge on any atom is -0.456 e. The molecule has 0 radical (unpaired) electrons. The van der Waals surface area contributed by atoms with Gasteiger partial charge < -0.3 is 10.1 Å². The second kappa shape index (κ2) is 9.00. The topological polar surface area (TPSA) is 116 Å². The molecule has 146 valence electrons. The van der Waals surface area contributed by atoms with Crippen molar-refractivity contribution < 1.29 is 32.8 Å². The molecule has 0 spiro atoms. The number of carbonyl (C=O) groups is 3. The number of Topliss-reactive ketones (excluding diaryl/α,β-unsaturated/α-hetero) is 1. The van der Waals surface area contributed by atoms with E-state index in [-0.39, 0.29) is 16.1 Å². The predicted molar refractivity (Wildman–Crippen MR) is 92.1 cm³/mol. The zero-order valence-corrected chi connectivity index (χ0v) is 14.7. The van der Waals surface area contributed by atoms with Crippen LogP contribution >= 0.6 is 11.6 Å². The minimum absolute atomic E-state index is 0.109. The summed E-state index contributed by atoms with van der Waals surface area (Å²) >= 11 is 5.64. The van der Waals surface area contributed by atoms with Crippen LogP contribution < -0.4 is 5.32 Å². The lowest BCUT2D eigenvalue weighted by Gasteiger charge is -2.07. The highest BCUT2D eigenvalue weighted by Gasteiger charge is 2.17. The number of amides is 1.